The van der Waals surface area contributed by atoms with Gasteiger partial charge in [-0.1, -0.05) is 12.8 Å². The Morgan fingerprint density at radius 2 is 1.46 bits per heavy atom. The second-order valence-electron chi connectivity index (χ2n) is 10.6. The van der Waals surface area contributed by atoms with Crippen LogP contribution >= 0.6 is 0 Å². The van der Waals surface area contributed by atoms with Gasteiger partial charge in [-0.05, 0) is 81.0 Å². The van der Waals surface area contributed by atoms with Crippen molar-refractivity contribution in [1.82, 2.24) is 10.2 Å². The molecular weight excluding hydrogens is 352 g/mol. The van der Waals surface area contributed by atoms with Crippen molar-refractivity contribution in [1.29, 1.82) is 0 Å². The van der Waals surface area contributed by atoms with Crippen LogP contribution in [0.2, 0.25) is 0 Å². The summed E-state index contributed by atoms with van der Waals surface area (Å²) in [6.07, 6.45) is 13.6. The third-order valence-electron chi connectivity index (χ3n) is 8.64. The maximum absolute atomic E-state index is 12.5. The lowest BCUT2D eigenvalue weighted by molar-refractivity contribution is -0.140. The molecule has 0 spiro atoms. The molecule has 28 heavy (non-hydrogen) atoms. The molecule has 6 rings (SSSR count). The maximum atomic E-state index is 12.5. The highest BCUT2D eigenvalue weighted by atomic mass is 16.2. The van der Waals surface area contributed by atoms with Gasteiger partial charge >= 0.3 is 0 Å². The Labute approximate surface area is 168 Å². The van der Waals surface area contributed by atoms with Crippen LogP contribution < -0.4 is 5.32 Å². The number of hydrogen-bond donors (Lipinski definition) is 1. The first-order chi connectivity index (χ1) is 13.5. The van der Waals surface area contributed by atoms with Gasteiger partial charge in [0, 0.05) is 19.5 Å². The summed E-state index contributed by atoms with van der Waals surface area (Å²) in [6, 6.07) is 0. The van der Waals surface area contributed by atoms with Crippen LogP contribution in [-0.4, -0.2) is 35.7 Å². The fraction of sp³-hybridized carbons (Fsp3) is 0.870. The number of likely N-dealkylation sites (tertiary alicyclic amines) is 1. The summed E-state index contributed by atoms with van der Waals surface area (Å²) in [5, 5.41) is 3.09. The standard InChI is InChI=1S/C23H34N2O3/c26-20(5-8-25-21(27)18-3-1-2-4-19(18)22(25)28)24-7-6-23-12-15-9-16(13-23)11-17(10-15)14-23/h15-19H,1-14H2,(H,24,26). The van der Waals surface area contributed by atoms with E-state index in [9.17, 15) is 14.4 Å². The average Bonchev–Trinajstić information content (AvgIpc) is 2.90. The zero-order chi connectivity index (χ0) is 19.3. The second kappa shape index (κ2) is 7.14. The van der Waals surface area contributed by atoms with E-state index in [-0.39, 0.29) is 42.5 Å². The van der Waals surface area contributed by atoms with E-state index >= 15 is 0 Å². The summed E-state index contributed by atoms with van der Waals surface area (Å²) in [5.74, 6) is 2.53. The molecule has 154 valence electrons. The van der Waals surface area contributed by atoms with Crippen molar-refractivity contribution in [3.63, 3.8) is 0 Å². The second-order valence-corrected chi connectivity index (χ2v) is 10.6. The van der Waals surface area contributed by atoms with E-state index in [1.165, 1.54) is 43.4 Å². The molecule has 0 aromatic carbocycles. The van der Waals surface area contributed by atoms with Crippen LogP contribution in [0.15, 0.2) is 0 Å². The molecular formula is C23H34N2O3. The van der Waals surface area contributed by atoms with Gasteiger partial charge in [-0.2, -0.15) is 0 Å². The minimum absolute atomic E-state index is 0.0137. The average molecular weight is 387 g/mol. The molecule has 2 atom stereocenters. The van der Waals surface area contributed by atoms with Crippen molar-refractivity contribution in [2.24, 2.45) is 35.0 Å². The number of amides is 3. The van der Waals surface area contributed by atoms with Crippen molar-refractivity contribution in [2.45, 2.75) is 77.0 Å². The highest BCUT2D eigenvalue weighted by Crippen LogP contribution is 2.61. The molecule has 2 unspecified atom stereocenters. The van der Waals surface area contributed by atoms with Crippen molar-refractivity contribution in [3.05, 3.63) is 0 Å². The Morgan fingerprint density at radius 1 is 0.929 bits per heavy atom. The van der Waals surface area contributed by atoms with E-state index in [4.69, 9.17) is 0 Å². The number of nitrogens with zero attached hydrogens (tertiary/aromatic N) is 1. The van der Waals surface area contributed by atoms with Gasteiger partial charge in [0.15, 0.2) is 0 Å². The number of hydrogen-bond acceptors (Lipinski definition) is 3. The van der Waals surface area contributed by atoms with Crippen LogP contribution in [0.5, 0.6) is 0 Å². The predicted octanol–water partition coefficient (Wildman–Crippen LogP) is 3.27. The summed E-state index contributed by atoms with van der Waals surface area (Å²) in [7, 11) is 0. The van der Waals surface area contributed by atoms with Crippen LogP contribution in [0, 0.1) is 35.0 Å². The lowest BCUT2D eigenvalue weighted by atomic mass is 9.49. The zero-order valence-electron chi connectivity index (χ0n) is 17.0. The molecule has 5 heteroatoms. The molecule has 1 saturated heterocycles. The summed E-state index contributed by atoms with van der Waals surface area (Å²) in [6.45, 7) is 1.01. The summed E-state index contributed by atoms with van der Waals surface area (Å²) in [5.41, 5.74) is 0.485. The van der Waals surface area contributed by atoms with Crippen LogP contribution in [0.3, 0.4) is 0 Å². The maximum Gasteiger partial charge on any atom is 0.233 e. The lowest BCUT2D eigenvalue weighted by Crippen LogP contribution is -2.47. The van der Waals surface area contributed by atoms with E-state index in [1.807, 2.05) is 0 Å². The van der Waals surface area contributed by atoms with Gasteiger partial charge < -0.3 is 5.32 Å². The largest absolute Gasteiger partial charge is 0.356 e. The fourth-order valence-electron chi connectivity index (χ4n) is 7.82. The molecule has 5 saturated carbocycles. The van der Waals surface area contributed by atoms with Crippen molar-refractivity contribution < 1.29 is 14.4 Å². The number of nitrogens with one attached hydrogen (secondary N) is 1. The van der Waals surface area contributed by atoms with Crippen molar-refractivity contribution in [3.8, 4) is 0 Å². The summed E-state index contributed by atoms with van der Waals surface area (Å²) < 4.78 is 0. The van der Waals surface area contributed by atoms with Crippen molar-refractivity contribution >= 4 is 17.7 Å². The van der Waals surface area contributed by atoms with Crippen LogP contribution in [0.4, 0.5) is 0 Å². The molecule has 3 amide bonds. The molecule has 0 radical (unpaired) electrons. The molecule has 6 fully saturated rings. The molecule has 5 aliphatic carbocycles. The van der Waals surface area contributed by atoms with Crippen LogP contribution in [0.25, 0.3) is 0 Å². The summed E-state index contributed by atoms with van der Waals surface area (Å²) >= 11 is 0. The molecule has 1 aliphatic heterocycles. The number of fused-ring (bicyclic) bond motifs is 1. The van der Waals surface area contributed by atoms with Gasteiger partial charge in [0.25, 0.3) is 0 Å². The van der Waals surface area contributed by atoms with Crippen LogP contribution in [-0.2, 0) is 14.4 Å². The van der Waals surface area contributed by atoms with Gasteiger partial charge in [-0.15, -0.1) is 0 Å². The first kappa shape index (κ1) is 18.6. The van der Waals surface area contributed by atoms with E-state index in [0.717, 1.165) is 56.4 Å². The van der Waals surface area contributed by atoms with E-state index < -0.39 is 0 Å². The summed E-state index contributed by atoms with van der Waals surface area (Å²) in [4.78, 5) is 38.7. The van der Waals surface area contributed by atoms with Gasteiger partial charge in [0.1, 0.15) is 0 Å². The molecule has 1 heterocycles. The molecule has 0 aromatic rings. The molecule has 1 N–H and O–H groups in total. The van der Waals surface area contributed by atoms with Gasteiger partial charge in [-0.25, -0.2) is 0 Å². The highest BCUT2D eigenvalue weighted by Gasteiger charge is 2.50. The molecule has 5 nitrogen and oxygen atoms in total. The van der Waals surface area contributed by atoms with Gasteiger partial charge in [0.05, 0.1) is 11.8 Å². The van der Waals surface area contributed by atoms with Gasteiger partial charge in [-0.3, -0.25) is 19.3 Å². The minimum Gasteiger partial charge on any atom is -0.356 e. The topological polar surface area (TPSA) is 66.5 Å². The Kier molecular flexibility index (Phi) is 4.75. The third kappa shape index (κ3) is 3.29. The van der Waals surface area contributed by atoms with E-state index in [2.05, 4.69) is 5.32 Å². The number of carbonyl (C=O) groups excluding carboxylic acids is 3. The number of carbonyl (C=O) groups is 3. The minimum atomic E-state index is -0.111. The highest BCUT2D eigenvalue weighted by molar-refractivity contribution is 6.05. The zero-order valence-corrected chi connectivity index (χ0v) is 17.0. The third-order valence-corrected chi connectivity index (χ3v) is 8.64. The molecule has 4 bridgehead atoms. The Bertz CT molecular complexity index is 613. The first-order valence-electron chi connectivity index (χ1n) is 11.6. The molecule has 6 aliphatic rings. The Hall–Kier alpha value is -1.39. The van der Waals surface area contributed by atoms with Crippen LogP contribution in [0.1, 0.15) is 77.0 Å². The quantitative estimate of drug-likeness (QED) is 0.713. The lowest BCUT2D eigenvalue weighted by Gasteiger charge is -2.57. The first-order valence-corrected chi connectivity index (χ1v) is 11.6. The Balaban J connectivity index is 1.08. The molecule has 0 aromatic heterocycles. The van der Waals surface area contributed by atoms with Gasteiger partial charge in [0.2, 0.25) is 17.7 Å². The SMILES string of the molecule is O=C(CCN1C(=O)C2CCCCC2C1=O)NCCC12CC3CC(CC(C3)C1)C2. The predicted molar refractivity (Wildman–Crippen MR) is 105 cm³/mol. The fourth-order valence-corrected chi connectivity index (χ4v) is 7.82. The van der Waals surface area contributed by atoms with E-state index in [1.54, 1.807) is 0 Å². The number of rotatable bonds is 6. The smallest absolute Gasteiger partial charge is 0.233 e. The van der Waals surface area contributed by atoms with Crippen molar-refractivity contribution in [2.75, 3.05) is 13.1 Å². The number of imide groups is 1. The Morgan fingerprint density at radius 3 is 2.00 bits per heavy atom. The monoisotopic (exact) mass is 386 g/mol. The van der Waals surface area contributed by atoms with E-state index in [0.29, 0.717) is 5.41 Å². The normalized spacial score (nSPS) is 41.4.